The van der Waals surface area contributed by atoms with Crippen LogP contribution in [0.25, 0.3) is 0 Å². The van der Waals surface area contributed by atoms with Gasteiger partial charge in [0, 0.05) is 31.7 Å². The second-order valence-electron chi connectivity index (χ2n) is 6.50. The van der Waals surface area contributed by atoms with Gasteiger partial charge >= 0.3 is 6.09 Å². The molecule has 0 saturated carbocycles. The van der Waals surface area contributed by atoms with Crippen molar-refractivity contribution < 1.29 is 17.9 Å². The number of sulfonamides is 1. The Morgan fingerprint density at radius 1 is 1.28 bits per heavy atom. The number of nitrogens with zero attached hydrogens (tertiary/aromatic N) is 3. The van der Waals surface area contributed by atoms with E-state index in [0.717, 1.165) is 25.7 Å². The van der Waals surface area contributed by atoms with E-state index in [-0.39, 0.29) is 18.2 Å². The van der Waals surface area contributed by atoms with Gasteiger partial charge in [-0.3, -0.25) is 4.99 Å². The Morgan fingerprint density at radius 3 is 2.56 bits per heavy atom. The lowest BCUT2D eigenvalue weighted by atomic mass is 10.1. The van der Waals surface area contributed by atoms with Crippen LogP contribution in [0.15, 0.2) is 4.99 Å². The fourth-order valence-electron chi connectivity index (χ4n) is 3.31. The molecule has 2 saturated heterocycles. The molecule has 3 N–H and O–H groups in total. The molecule has 0 aromatic rings. The Hall–Kier alpha value is -1.55. The Balaban J connectivity index is 1.78. The summed E-state index contributed by atoms with van der Waals surface area (Å²) in [6.45, 7) is 4.33. The molecule has 25 heavy (non-hydrogen) atoms. The van der Waals surface area contributed by atoms with Crippen LogP contribution in [0.1, 0.15) is 32.6 Å². The van der Waals surface area contributed by atoms with Crippen molar-refractivity contribution in [1.82, 2.24) is 14.5 Å². The number of guanidine groups is 1. The van der Waals surface area contributed by atoms with Crippen molar-refractivity contribution in [3.05, 3.63) is 0 Å². The number of carbonyl (C=O) groups is 1. The molecule has 144 valence electrons. The molecule has 0 aromatic carbocycles. The van der Waals surface area contributed by atoms with Crippen molar-refractivity contribution in [3.63, 3.8) is 0 Å². The standard InChI is InChI=1S/C15H29N5O4S/c1-3-24-15(21)19-9-6-12(7-10-19)18-14(16)17-11-13-5-4-8-20(13)25(2,22)23/h12-13H,3-11H2,1-2H3,(H3,16,17,18)/t13-/m1/s1. The summed E-state index contributed by atoms with van der Waals surface area (Å²) in [5.74, 6) is 0.329. The summed E-state index contributed by atoms with van der Waals surface area (Å²) in [7, 11) is -3.19. The maximum absolute atomic E-state index is 11.7. The molecule has 2 aliphatic rings. The smallest absolute Gasteiger partial charge is 0.409 e. The molecule has 2 aliphatic heterocycles. The van der Waals surface area contributed by atoms with Gasteiger partial charge in [0.05, 0.1) is 19.4 Å². The third-order valence-electron chi connectivity index (χ3n) is 4.59. The van der Waals surface area contributed by atoms with Gasteiger partial charge in [0.25, 0.3) is 0 Å². The Kier molecular flexibility index (Phi) is 6.88. The van der Waals surface area contributed by atoms with Gasteiger partial charge in [0.15, 0.2) is 5.96 Å². The lowest BCUT2D eigenvalue weighted by Crippen LogP contribution is -2.48. The first-order valence-electron chi connectivity index (χ1n) is 8.76. The van der Waals surface area contributed by atoms with Crippen molar-refractivity contribution in [2.45, 2.75) is 44.7 Å². The quantitative estimate of drug-likeness (QED) is 0.513. The zero-order valence-corrected chi connectivity index (χ0v) is 15.8. The first-order valence-corrected chi connectivity index (χ1v) is 10.6. The number of hydrogen-bond donors (Lipinski definition) is 2. The zero-order valence-electron chi connectivity index (χ0n) is 15.0. The van der Waals surface area contributed by atoms with Crippen LogP contribution in [-0.2, 0) is 14.8 Å². The maximum Gasteiger partial charge on any atom is 0.409 e. The molecule has 0 bridgehead atoms. The lowest BCUT2D eigenvalue weighted by molar-refractivity contribution is 0.0963. The zero-order chi connectivity index (χ0) is 18.4. The predicted octanol–water partition coefficient (Wildman–Crippen LogP) is -0.0644. The van der Waals surface area contributed by atoms with Crippen LogP contribution < -0.4 is 11.1 Å². The molecule has 9 nitrogen and oxygen atoms in total. The third kappa shape index (κ3) is 5.74. The van der Waals surface area contributed by atoms with Crippen molar-refractivity contribution >= 4 is 22.1 Å². The van der Waals surface area contributed by atoms with Crippen LogP contribution in [0, 0.1) is 0 Å². The highest BCUT2D eigenvalue weighted by Crippen LogP contribution is 2.20. The topological polar surface area (TPSA) is 117 Å². The Labute approximate surface area is 149 Å². The number of carbonyl (C=O) groups excluding carboxylic acids is 1. The van der Waals surface area contributed by atoms with Crippen LogP contribution in [0.4, 0.5) is 4.79 Å². The summed E-state index contributed by atoms with van der Waals surface area (Å²) in [4.78, 5) is 17.7. The molecular formula is C15H29N5O4S. The monoisotopic (exact) mass is 375 g/mol. The third-order valence-corrected chi connectivity index (χ3v) is 5.93. The maximum atomic E-state index is 11.7. The number of hydrogen-bond acceptors (Lipinski definition) is 5. The van der Waals surface area contributed by atoms with Crippen LogP contribution in [0.5, 0.6) is 0 Å². The van der Waals surface area contributed by atoms with Gasteiger partial charge in [0.1, 0.15) is 0 Å². The van der Waals surface area contributed by atoms with Crippen LogP contribution in [-0.4, -0.2) is 80.8 Å². The fourth-order valence-corrected chi connectivity index (χ4v) is 4.48. The van der Waals surface area contributed by atoms with Crippen LogP contribution in [0.2, 0.25) is 0 Å². The SMILES string of the molecule is CCOC(=O)N1CCC(NC(N)=NC[C@H]2CCCN2S(C)(=O)=O)CC1. The van der Waals surface area contributed by atoms with E-state index in [1.54, 1.807) is 11.8 Å². The average molecular weight is 375 g/mol. The van der Waals surface area contributed by atoms with Gasteiger partial charge in [0.2, 0.25) is 10.0 Å². The van der Waals surface area contributed by atoms with E-state index in [0.29, 0.717) is 38.7 Å². The minimum Gasteiger partial charge on any atom is -0.450 e. The largest absolute Gasteiger partial charge is 0.450 e. The molecule has 0 unspecified atom stereocenters. The van der Waals surface area contributed by atoms with Gasteiger partial charge in [-0.2, -0.15) is 4.31 Å². The summed E-state index contributed by atoms with van der Waals surface area (Å²) < 4.78 is 29.9. The predicted molar refractivity (Wildman–Crippen MR) is 95.8 cm³/mol. The highest BCUT2D eigenvalue weighted by atomic mass is 32.2. The van der Waals surface area contributed by atoms with E-state index >= 15 is 0 Å². The first-order chi connectivity index (χ1) is 11.8. The number of aliphatic imine (C=N–C) groups is 1. The number of likely N-dealkylation sites (tertiary alicyclic amines) is 1. The fraction of sp³-hybridized carbons (Fsp3) is 0.867. The first kappa shape index (κ1) is 19.8. The normalized spacial score (nSPS) is 23.7. The van der Waals surface area contributed by atoms with E-state index in [4.69, 9.17) is 10.5 Å². The number of nitrogens with two attached hydrogens (primary N) is 1. The second-order valence-corrected chi connectivity index (χ2v) is 8.44. The highest BCUT2D eigenvalue weighted by molar-refractivity contribution is 7.88. The van der Waals surface area contributed by atoms with Crippen molar-refractivity contribution in [2.24, 2.45) is 10.7 Å². The van der Waals surface area contributed by atoms with Crippen molar-refractivity contribution in [2.75, 3.05) is 39.0 Å². The van der Waals surface area contributed by atoms with Crippen molar-refractivity contribution in [1.29, 1.82) is 0 Å². The Morgan fingerprint density at radius 2 is 1.96 bits per heavy atom. The molecule has 0 radical (unpaired) electrons. The summed E-state index contributed by atoms with van der Waals surface area (Å²) in [6, 6.07) is 0.0463. The molecule has 1 atom stereocenters. The van der Waals surface area contributed by atoms with Crippen molar-refractivity contribution in [3.8, 4) is 0 Å². The van der Waals surface area contributed by atoms with Crippen LogP contribution >= 0.6 is 0 Å². The molecular weight excluding hydrogens is 346 g/mol. The molecule has 10 heteroatoms. The molecule has 2 heterocycles. The van der Waals surface area contributed by atoms with Gasteiger partial charge in [-0.1, -0.05) is 0 Å². The van der Waals surface area contributed by atoms with E-state index < -0.39 is 10.0 Å². The molecule has 2 rings (SSSR count). The Bertz CT molecular complexity index is 587. The molecule has 1 amide bonds. The number of piperidine rings is 1. The second kappa shape index (κ2) is 8.70. The van der Waals surface area contributed by atoms with E-state index in [1.165, 1.54) is 10.6 Å². The highest BCUT2D eigenvalue weighted by Gasteiger charge is 2.31. The summed E-state index contributed by atoms with van der Waals surface area (Å²) in [6.07, 6.45) is 4.16. The summed E-state index contributed by atoms with van der Waals surface area (Å²) >= 11 is 0. The molecule has 0 spiro atoms. The minimum absolute atomic E-state index is 0.110. The number of nitrogens with one attached hydrogen (secondary N) is 1. The van der Waals surface area contributed by atoms with Gasteiger partial charge in [-0.25, -0.2) is 13.2 Å². The average Bonchev–Trinajstić information content (AvgIpc) is 3.03. The molecule has 0 aromatic heterocycles. The number of ether oxygens (including phenoxy) is 1. The van der Waals surface area contributed by atoms with E-state index in [1.807, 2.05) is 0 Å². The number of amides is 1. The number of rotatable bonds is 5. The summed E-state index contributed by atoms with van der Waals surface area (Å²) in [5.41, 5.74) is 5.94. The van der Waals surface area contributed by atoms with Gasteiger partial charge < -0.3 is 20.7 Å². The van der Waals surface area contributed by atoms with Crippen LogP contribution in [0.3, 0.4) is 0 Å². The van der Waals surface area contributed by atoms with Gasteiger partial charge in [-0.15, -0.1) is 0 Å². The molecule has 2 fully saturated rings. The minimum atomic E-state index is -3.19. The van der Waals surface area contributed by atoms with E-state index in [9.17, 15) is 13.2 Å². The summed E-state index contributed by atoms with van der Waals surface area (Å²) in [5, 5.41) is 3.17. The molecule has 0 aliphatic carbocycles. The lowest BCUT2D eigenvalue weighted by Gasteiger charge is -2.31. The van der Waals surface area contributed by atoms with E-state index in [2.05, 4.69) is 10.3 Å². The van der Waals surface area contributed by atoms with Gasteiger partial charge in [-0.05, 0) is 32.6 Å².